The molecule has 1 aromatic heterocycles. The molecule has 1 aromatic rings. The number of hydrogen-bond donors (Lipinski definition) is 1. The molecule has 0 aromatic carbocycles. The highest BCUT2D eigenvalue weighted by molar-refractivity contribution is 5.77. The average molecular weight is 223 g/mol. The van der Waals surface area contributed by atoms with E-state index in [1.54, 1.807) is 12.5 Å². The van der Waals surface area contributed by atoms with Gasteiger partial charge in [0, 0.05) is 13.1 Å². The van der Waals surface area contributed by atoms with Gasteiger partial charge in [-0.2, -0.15) is 0 Å². The summed E-state index contributed by atoms with van der Waals surface area (Å²) in [5.41, 5.74) is 0.852. The first kappa shape index (κ1) is 11.1. The molecule has 88 valence electrons. The summed E-state index contributed by atoms with van der Waals surface area (Å²) in [5.74, 6) is -0.224. The van der Waals surface area contributed by atoms with E-state index in [-0.39, 0.29) is 12.0 Å². The monoisotopic (exact) mass is 223 g/mol. The second kappa shape index (κ2) is 4.65. The van der Waals surface area contributed by atoms with Crippen LogP contribution < -0.4 is 5.32 Å². The Balaban J connectivity index is 2.12. The molecule has 1 atom stereocenters. The van der Waals surface area contributed by atoms with Gasteiger partial charge in [-0.3, -0.25) is 5.32 Å². The van der Waals surface area contributed by atoms with E-state index < -0.39 is 0 Å². The van der Waals surface area contributed by atoms with E-state index in [1.165, 1.54) is 0 Å². The zero-order chi connectivity index (χ0) is 11.5. The van der Waals surface area contributed by atoms with Crippen molar-refractivity contribution in [1.82, 2.24) is 14.9 Å². The number of nitrogens with zero attached hydrogens (tertiary/aromatic N) is 2. The molecule has 0 saturated heterocycles. The lowest BCUT2D eigenvalue weighted by atomic mass is 10.2. The zero-order valence-electron chi connectivity index (χ0n) is 9.64. The summed E-state index contributed by atoms with van der Waals surface area (Å²) in [6.45, 7) is 2.22. The normalized spacial score (nSPS) is 17.1. The van der Waals surface area contributed by atoms with Gasteiger partial charge in [0.1, 0.15) is 6.04 Å². The number of hydrogen-bond acceptors (Lipinski definition) is 4. The Kier molecular flexibility index (Phi) is 3.24. The second-order valence-electron chi connectivity index (χ2n) is 4.06. The lowest BCUT2D eigenvalue weighted by Crippen LogP contribution is -2.33. The Morgan fingerprint density at radius 2 is 2.50 bits per heavy atom. The number of carbonyl (C=O) groups is 1. The van der Waals surface area contributed by atoms with Crippen molar-refractivity contribution in [1.29, 1.82) is 0 Å². The molecule has 0 spiro atoms. The van der Waals surface area contributed by atoms with Crippen LogP contribution in [0.5, 0.6) is 0 Å². The fourth-order valence-corrected chi connectivity index (χ4v) is 1.63. The van der Waals surface area contributed by atoms with E-state index in [9.17, 15) is 4.79 Å². The Hall–Kier alpha value is -1.36. The number of nitrogens with one attached hydrogen (secondary N) is 1. The first-order chi connectivity index (χ1) is 7.72. The number of aryl methyl sites for hydroxylation is 1. The first-order valence-electron chi connectivity index (χ1n) is 5.61. The van der Waals surface area contributed by atoms with Gasteiger partial charge in [0.05, 0.1) is 24.8 Å². The van der Waals surface area contributed by atoms with E-state index in [0.717, 1.165) is 18.5 Å². The number of rotatable bonds is 5. The van der Waals surface area contributed by atoms with E-state index in [2.05, 4.69) is 10.3 Å². The van der Waals surface area contributed by atoms with Gasteiger partial charge in [0.2, 0.25) is 0 Å². The molecule has 0 bridgehead atoms. The Labute approximate surface area is 94.8 Å². The van der Waals surface area contributed by atoms with Gasteiger partial charge in [-0.15, -0.1) is 0 Å². The van der Waals surface area contributed by atoms with Crippen LogP contribution in [0.4, 0.5) is 0 Å². The molecule has 1 fully saturated rings. The third-order valence-electron chi connectivity index (χ3n) is 2.65. The van der Waals surface area contributed by atoms with Crippen molar-refractivity contribution in [3.63, 3.8) is 0 Å². The van der Waals surface area contributed by atoms with Crippen molar-refractivity contribution in [2.75, 3.05) is 6.61 Å². The summed E-state index contributed by atoms with van der Waals surface area (Å²) in [6.07, 6.45) is 5.66. The predicted molar refractivity (Wildman–Crippen MR) is 58.7 cm³/mol. The van der Waals surface area contributed by atoms with E-state index >= 15 is 0 Å². The van der Waals surface area contributed by atoms with Crippen LogP contribution in [0.15, 0.2) is 12.5 Å². The predicted octanol–water partition coefficient (Wildman–Crippen LogP) is 0.776. The molecule has 1 aliphatic rings. The molecule has 0 aliphatic heterocycles. The van der Waals surface area contributed by atoms with Crippen molar-refractivity contribution in [3.8, 4) is 0 Å². The van der Waals surface area contributed by atoms with Gasteiger partial charge in [0.15, 0.2) is 0 Å². The van der Waals surface area contributed by atoms with Crippen molar-refractivity contribution < 1.29 is 9.53 Å². The number of imidazole rings is 1. The molecule has 5 nitrogen and oxygen atoms in total. The third kappa shape index (κ3) is 2.41. The third-order valence-corrected chi connectivity index (χ3v) is 2.65. The molecule has 0 amide bonds. The number of aromatic nitrogens is 2. The summed E-state index contributed by atoms with van der Waals surface area (Å²) in [5, 5.41) is 3.28. The number of esters is 1. The average Bonchev–Trinajstić information content (AvgIpc) is 2.98. The molecule has 16 heavy (non-hydrogen) atoms. The molecule has 1 heterocycles. The maximum Gasteiger partial charge on any atom is 0.329 e. The van der Waals surface area contributed by atoms with Gasteiger partial charge in [0.25, 0.3) is 0 Å². The van der Waals surface area contributed by atoms with Crippen LogP contribution in [0.2, 0.25) is 0 Å². The maximum absolute atomic E-state index is 11.8. The van der Waals surface area contributed by atoms with Crippen LogP contribution in [-0.2, 0) is 16.6 Å². The van der Waals surface area contributed by atoms with E-state index in [1.807, 2.05) is 18.5 Å². The molecule has 2 rings (SSSR count). The van der Waals surface area contributed by atoms with Gasteiger partial charge < -0.3 is 9.30 Å². The van der Waals surface area contributed by atoms with Crippen LogP contribution >= 0.6 is 0 Å². The van der Waals surface area contributed by atoms with Crippen LogP contribution in [-0.4, -0.2) is 28.2 Å². The minimum atomic E-state index is -0.389. The smallest absolute Gasteiger partial charge is 0.329 e. The quantitative estimate of drug-likeness (QED) is 0.749. The fourth-order valence-electron chi connectivity index (χ4n) is 1.63. The Morgan fingerprint density at radius 1 is 1.75 bits per heavy atom. The largest absolute Gasteiger partial charge is 0.465 e. The minimum Gasteiger partial charge on any atom is -0.465 e. The Bertz CT molecular complexity index is 371. The van der Waals surface area contributed by atoms with Crippen molar-refractivity contribution in [2.24, 2.45) is 7.05 Å². The number of carbonyl (C=O) groups excluding carboxylic acids is 1. The van der Waals surface area contributed by atoms with Crippen LogP contribution in [0.25, 0.3) is 0 Å². The first-order valence-corrected chi connectivity index (χ1v) is 5.61. The van der Waals surface area contributed by atoms with Gasteiger partial charge in [-0.05, 0) is 19.8 Å². The summed E-state index contributed by atoms with van der Waals surface area (Å²) in [4.78, 5) is 15.9. The standard InChI is InChI=1S/C11H17N3O2/c1-3-16-11(15)10(13-8-4-5-8)9-6-12-7-14(9)2/h6-8,10,13H,3-5H2,1-2H3. The molecule has 1 unspecified atom stereocenters. The van der Waals surface area contributed by atoms with Gasteiger partial charge in [-0.25, -0.2) is 9.78 Å². The highest BCUT2D eigenvalue weighted by atomic mass is 16.5. The molecule has 1 saturated carbocycles. The molecule has 0 radical (unpaired) electrons. The molecule has 5 heteroatoms. The highest BCUT2D eigenvalue weighted by Gasteiger charge is 2.31. The lowest BCUT2D eigenvalue weighted by molar-refractivity contribution is -0.146. The summed E-state index contributed by atoms with van der Waals surface area (Å²) in [6, 6.07) is 0.0595. The van der Waals surface area contributed by atoms with Crippen LogP contribution in [0.3, 0.4) is 0 Å². The molecular weight excluding hydrogens is 206 g/mol. The Morgan fingerprint density at radius 3 is 3.00 bits per heavy atom. The van der Waals surface area contributed by atoms with Crippen molar-refractivity contribution >= 4 is 5.97 Å². The SMILES string of the molecule is CCOC(=O)C(NC1CC1)c1cncn1C. The van der Waals surface area contributed by atoms with Crippen LogP contribution in [0.1, 0.15) is 31.5 Å². The topological polar surface area (TPSA) is 56.1 Å². The summed E-state index contributed by atoms with van der Waals surface area (Å²) >= 11 is 0. The van der Waals surface area contributed by atoms with Crippen LogP contribution in [0, 0.1) is 0 Å². The lowest BCUT2D eigenvalue weighted by Gasteiger charge is -2.17. The second-order valence-corrected chi connectivity index (χ2v) is 4.06. The zero-order valence-corrected chi connectivity index (χ0v) is 9.64. The molecular formula is C11H17N3O2. The number of ether oxygens (including phenoxy) is 1. The maximum atomic E-state index is 11.8. The highest BCUT2D eigenvalue weighted by Crippen LogP contribution is 2.24. The summed E-state index contributed by atoms with van der Waals surface area (Å²) < 4.78 is 6.91. The van der Waals surface area contributed by atoms with Crippen molar-refractivity contribution in [2.45, 2.75) is 31.8 Å². The minimum absolute atomic E-state index is 0.224. The van der Waals surface area contributed by atoms with Gasteiger partial charge >= 0.3 is 5.97 Å². The summed E-state index contributed by atoms with van der Waals surface area (Å²) in [7, 11) is 1.88. The van der Waals surface area contributed by atoms with Crippen molar-refractivity contribution in [3.05, 3.63) is 18.2 Å². The van der Waals surface area contributed by atoms with Gasteiger partial charge in [-0.1, -0.05) is 0 Å². The fraction of sp³-hybridized carbons (Fsp3) is 0.636. The molecule has 1 aliphatic carbocycles. The van der Waals surface area contributed by atoms with E-state index in [0.29, 0.717) is 12.6 Å². The van der Waals surface area contributed by atoms with E-state index in [4.69, 9.17) is 4.74 Å². The molecule has 1 N–H and O–H groups in total.